The molecule has 4 nitrogen and oxygen atoms in total. The number of halogens is 3. The summed E-state index contributed by atoms with van der Waals surface area (Å²) in [6.45, 7) is 2.21. The molecule has 1 unspecified atom stereocenters. The number of anilines is 2. The van der Waals surface area contributed by atoms with Crippen LogP contribution in [-0.4, -0.2) is 18.4 Å². The van der Waals surface area contributed by atoms with E-state index in [9.17, 15) is 18.4 Å². The molecule has 7 heteroatoms. The molecule has 0 bridgehead atoms. The molecule has 130 valence electrons. The second-order valence-corrected chi connectivity index (χ2v) is 6.29. The molecule has 0 aromatic heterocycles. The van der Waals surface area contributed by atoms with Crippen molar-refractivity contribution in [2.75, 3.05) is 16.8 Å². The van der Waals surface area contributed by atoms with E-state index < -0.39 is 23.5 Å². The fourth-order valence-corrected chi connectivity index (χ4v) is 2.90. The minimum absolute atomic E-state index is 0.153. The molecule has 0 spiro atoms. The zero-order chi connectivity index (χ0) is 18.1. The van der Waals surface area contributed by atoms with E-state index in [1.807, 2.05) is 6.92 Å². The summed E-state index contributed by atoms with van der Waals surface area (Å²) in [4.78, 5) is 26.4. The Morgan fingerprint density at radius 2 is 2.00 bits per heavy atom. The van der Waals surface area contributed by atoms with E-state index in [1.165, 1.54) is 4.90 Å². The lowest BCUT2D eigenvalue weighted by Crippen LogP contribution is -2.33. The Hall–Kier alpha value is -2.47. The van der Waals surface area contributed by atoms with Crippen LogP contribution < -0.4 is 10.2 Å². The first-order valence-electron chi connectivity index (χ1n) is 7.70. The highest BCUT2D eigenvalue weighted by molar-refractivity contribution is 6.31. The van der Waals surface area contributed by atoms with Crippen LogP contribution in [0.15, 0.2) is 36.4 Å². The number of benzene rings is 2. The topological polar surface area (TPSA) is 49.4 Å². The second-order valence-electron chi connectivity index (χ2n) is 5.88. The van der Waals surface area contributed by atoms with Gasteiger partial charge in [0, 0.05) is 23.3 Å². The Balaban J connectivity index is 1.74. The number of aryl methyl sites for hydroxylation is 1. The molecular weight excluding hydrogens is 350 g/mol. The third kappa shape index (κ3) is 3.49. The van der Waals surface area contributed by atoms with Crippen molar-refractivity contribution in [3.8, 4) is 0 Å². The normalized spacial score (nSPS) is 17.0. The molecule has 1 fully saturated rings. The summed E-state index contributed by atoms with van der Waals surface area (Å²) in [5.74, 6) is -3.51. The van der Waals surface area contributed by atoms with Gasteiger partial charge in [0.25, 0.3) is 0 Å². The molecular formula is C18H15ClF2N2O2. The van der Waals surface area contributed by atoms with Gasteiger partial charge < -0.3 is 10.2 Å². The van der Waals surface area contributed by atoms with Crippen molar-refractivity contribution in [1.82, 2.24) is 0 Å². The molecule has 0 aliphatic carbocycles. The van der Waals surface area contributed by atoms with Crippen molar-refractivity contribution in [2.24, 2.45) is 5.92 Å². The molecule has 2 aromatic rings. The first-order chi connectivity index (χ1) is 11.9. The van der Waals surface area contributed by atoms with E-state index >= 15 is 0 Å². The summed E-state index contributed by atoms with van der Waals surface area (Å²) in [7, 11) is 0. The zero-order valence-electron chi connectivity index (χ0n) is 13.4. The Kier molecular flexibility index (Phi) is 4.72. The van der Waals surface area contributed by atoms with Crippen molar-refractivity contribution in [1.29, 1.82) is 0 Å². The molecule has 1 saturated heterocycles. The highest BCUT2D eigenvalue weighted by Crippen LogP contribution is 2.29. The van der Waals surface area contributed by atoms with Crippen molar-refractivity contribution in [2.45, 2.75) is 13.3 Å². The quantitative estimate of drug-likeness (QED) is 0.839. The highest BCUT2D eigenvalue weighted by atomic mass is 35.5. The lowest BCUT2D eigenvalue weighted by atomic mass is 10.1. The van der Waals surface area contributed by atoms with E-state index in [0.29, 0.717) is 29.7 Å². The molecule has 0 saturated carbocycles. The van der Waals surface area contributed by atoms with E-state index in [-0.39, 0.29) is 11.6 Å². The minimum atomic E-state index is -0.916. The van der Waals surface area contributed by atoms with Gasteiger partial charge in [-0.3, -0.25) is 9.59 Å². The van der Waals surface area contributed by atoms with Gasteiger partial charge in [0.05, 0.1) is 5.69 Å². The first-order valence-corrected chi connectivity index (χ1v) is 8.08. The molecule has 0 radical (unpaired) electrons. The Labute approximate surface area is 148 Å². The van der Waals surface area contributed by atoms with Crippen molar-refractivity contribution in [3.05, 3.63) is 58.6 Å². The number of nitrogens with one attached hydrogen (secondary N) is 1. The maximum absolute atomic E-state index is 13.7. The summed E-state index contributed by atoms with van der Waals surface area (Å²) in [5, 5.41) is 2.95. The van der Waals surface area contributed by atoms with Gasteiger partial charge >= 0.3 is 0 Å². The van der Waals surface area contributed by atoms with Crippen LogP contribution in [0.5, 0.6) is 0 Å². The second kappa shape index (κ2) is 6.80. The van der Waals surface area contributed by atoms with Gasteiger partial charge in [-0.1, -0.05) is 11.6 Å². The predicted molar refractivity (Wildman–Crippen MR) is 91.6 cm³/mol. The van der Waals surface area contributed by atoms with Crippen LogP contribution in [0.1, 0.15) is 12.0 Å². The monoisotopic (exact) mass is 364 g/mol. The Morgan fingerprint density at radius 3 is 2.68 bits per heavy atom. The summed E-state index contributed by atoms with van der Waals surface area (Å²) in [6, 6.07) is 8.03. The number of carbonyl (C=O) groups is 2. The average Bonchev–Trinajstić information content (AvgIpc) is 2.94. The van der Waals surface area contributed by atoms with Gasteiger partial charge in [-0.15, -0.1) is 0 Å². The standard InChI is InChI=1S/C18H15ClF2N2O2/c1-10-8-12(3-4-14(10)19)23-7-6-13(18(23)25)17(24)22-16-5-2-11(20)9-15(16)21/h2-5,8-9,13H,6-7H2,1H3,(H,22,24). The summed E-state index contributed by atoms with van der Waals surface area (Å²) < 4.78 is 26.6. The number of carbonyl (C=O) groups excluding carboxylic acids is 2. The Bertz CT molecular complexity index is 857. The molecule has 2 amide bonds. The van der Waals surface area contributed by atoms with E-state index in [2.05, 4.69) is 5.32 Å². The van der Waals surface area contributed by atoms with Crippen LogP contribution >= 0.6 is 11.6 Å². The average molecular weight is 365 g/mol. The van der Waals surface area contributed by atoms with E-state index in [4.69, 9.17) is 11.6 Å². The molecule has 1 atom stereocenters. The molecule has 1 N–H and O–H groups in total. The molecule has 1 aliphatic heterocycles. The third-order valence-electron chi connectivity index (χ3n) is 4.16. The number of rotatable bonds is 3. The van der Waals surface area contributed by atoms with Crippen LogP contribution in [0.3, 0.4) is 0 Å². The molecule has 1 heterocycles. The van der Waals surface area contributed by atoms with Gasteiger partial charge in [-0.05, 0) is 49.2 Å². The van der Waals surface area contributed by atoms with Gasteiger partial charge in [-0.25, -0.2) is 8.78 Å². The smallest absolute Gasteiger partial charge is 0.239 e. The summed E-state index contributed by atoms with van der Waals surface area (Å²) in [5.41, 5.74) is 1.34. The van der Waals surface area contributed by atoms with Crippen molar-refractivity contribution in [3.63, 3.8) is 0 Å². The third-order valence-corrected chi connectivity index (χ3v) is 4.59. The van der Waals surface area contributed by atoms with Crippen LogP contribution in [0.25, 0.3) is 0 Å². The Morgan fingerprint density at radius 1 is 1.24 bits per heavy atom. The van der Waals surface area contributed by atoms with Gasteiger partial charge in [0.2, 0.25) is 11.8 Å². The number of hydrogen-bond acceptors (Lipinski definition) is 2. The lowest BCUT2D eigenvalue weighted by molar-refractivity contribution is -0.129. The number of nitrogens with zero attached hydrogens (tertiary/aromatic N) is 1. The van der Waals surface area contributed by atoms with Gasteiger partial charge in [0.1, 0.15) is 17.6 Å². The molecule has 2 aromatic carbocycles. The number of hydrogen-bond donors (Lipinski definition) is 1. The van der Waals surface area contributed by atoms with E-state index in [0.717, 1.165) is 17.7 Å². The fraction of sp³-hybridized carbons (Fsp3) is 0.222. The van der Waals surface area contributed by atoms with Gasteiger partial charge in [-0.2, -0.15) is 0 Å². The van der Waals surface area contributed by atoms with Crippen LogP contribution in [0.2, 0.25) is 5.02 Å². The maximum Gasteiger partial charge on any atom is 0.239 e. The number of amides is 2. The zero-order valence-corrected chi connectivity index (χ0v) is 14.1. The maximum atomic E-state index is 13.7. The largest absolute Gasteiger partial charge is 0.323 e. The van der Waals surface area contributed by atoms with Crippen molar-refractivity contribution < 1.29 is 18.4 Å². The summed E-state index contributed by atoms with van der Waals surface area (Å²) in [6.07, 6.45) is 0.315. The van der Waals surface area contributed by atoms with Crippen LogP contribution in [0.4, 0.5) is 20.2 Å². The fourth-order valence-electron chi connectivity index (χ4n) is 2.79. The minimum Gasteiger partial charge on any atom is -0.323 e. The predicted octanol–water partition coefficient (Wildman–Crippen LogP) is 3.92. The first kappa shape index (κ1) is 17.4. The SMILES string of the molecule is Cc1cc(N2CCC(C(=O)Nc3ccc(F)cc3F)C2=O)ccc1Cl. The molecule has 25 heavy (non-hydrogen) atoms. The highest BCUT2D eigenvalue weighted by Gasteiger charge is 2.37. The van der Waals surface area contributed by atoms with E-state index in [1.54, 1.807) is 18.2 Å². The lowest BCUT2D eigenvalue weighted by Gasteiger charge is -2.18. The van der Waals surface area contributed by atoms with Gasteiger partial charge in [0.15, 0.2) is 0 Å². The molecule has 3 rings (SSSR count). The van der Waals surface area contributed by atoms with Crippen LogP contribution in [-0.2, 0) is 9.59 Å². The van der Waals surface area contributed by atoms with Crippen molar-refractivity contribution >= 4 is 34.8 Å². The summed E-state index contributed by atoms with van der Waals surface area (Å²) >= 11 is 5.99. The van der Waals surface area contributed by atoms with Crippen LogP contribution in [0, 0.1) is 24.5 Å². The molecule has 1 aliphatic rings.